The molecule has 2 aliphatic heterocycles. The highest BCUT2D eigenvalue weighted by molar-refractivity contribution is 7.09. The number of imide groups is 1. The smallest absolute Gasteiger partial charge is 0.284 e. The van der Waals surface area contributed by atoms with Crippen LogP contribution in [0.2, 0.25) is 0 Å². The second-order valence-corrected chi connectivity index (χ2v) is 6.28. The molecule has 1 saturated heterocycles. The van der Waals surface area contributed by atoms with Gasteiger partial charge < -0.3 is 0 Å². The Morgan fingerprint density at radius 1 is 1.32 bits per heavy atom. The fourth-order valence-electron chi connectivity index (χ4n) is 2.55. The van der Waals surface area contributed by atoms with Crippen LogP contribution in [0, 0.1) is 5.92 Å². The summed E-state index contributed by atoms with van der Waals surface area (Å²) in [6.07, 6.45) is 1.67. The zero-order valence-electron chi connectivity index (χ0n) is 12.6. The van der Waals surface area contributed by atoms with E-state index in [2.05, 4.69) is 9.98 Å². The maximum atomic E-state index is 12.5. The molecule has 0 aliphatic carbocycles. The lowest BCUT2D eigenvalue weighted by atomic mass is 9.91. The van der Waals surface area contributed by atoms with E-state index in [1.807, 2.05) is 24.4 Å². The maximum absolute atomic E-state index is 12.5. The zero-order chi connectivity index (χ0) is 15.9. The summed E-state index contributed by atoms with van der Waals surface area (Å²) in [4.78, 5) is 37.1. The lowest BCUT2D eigenvalue weighted by molar-refractivity contribution is -0.128. The summed E-state index contributed by atoms with van der Waals surface area (Å²) < 4.78 is 0. The lowest BCUT2D eigenvalue weighted by Crippen LogP contribution is -2.59. The quantitative estimate of drug-likeness (QED) is 0.839. The number of hydrogen-bond acceptors (Lipinski definition) is 5. The van der Waals surface area contributed by atoms with Crippen LogP contribution in [0.1, 0.15) is 11.8 Å². The van der Waals surface area contributed by atoms with Crippen LogP contribution in [0.4, 0.5) is 4.79 Å². The third kappa shape index (κ3) is 2.27. The molecular formula is C15H16N4O2S. The molecule has 1 fully saturated rings. The first kappa shape index (κ1) is 14.6. The molecule has 6 nitrogen and oxygen atoms in total. The molecule has 0 spiro atoms. The minimum atomic E-state index is -0.599. The van der Waals surface area contributed by atoms with Crippen LogP contribution in [0.15, 0.2) is 39.3 Å². The Hall–Kier alpha value is -2.28. The van der Waals surface area contributed by atoms with Gasteiger partial charge in [0.05, 0.1) is 12.3 Å². The number of rotatable bonds is 2. The Morgan fingerprint density at radius 2 is 2.09 bits per heavy atom. The van der Waals surface area contributed by atoms with Gasteiger partial charge in [0.15, 0.2) is 0 Å². The van der Waals surface area contributed by atoms with E-state index in [1.165, 1.54) is 11.9 Å². The van der Waals surface area contributed by atoms with Gasteiger partial charge in [0, 0.05) is 25.2 Å². The van der Waals surface area contributed by atoms with E-state index < -0.39 is 5.92 Å². The van der Waals surface area contributed by atoms with Gasteiger partial charge in [0.2, 0.25) is 5.91 Å². The number of aliphatic imine (C=N–C) groups is 2. The standard InChI is InChI=1S/C15H16N4O2S/c1-9-7-17-13-11(14(20)19(3)15(21)18(13)2)12(9)16-8-10-5-4-6-22-10/h4-7,11H,8H2,1-3H3. The van der Waals surface area contributed by atoms with Gasteiger partial charge in [0.1, 0.15) is 11.8 Å². The Kier molecular flexibility index (Phi) is 3.66. The van der Waals surface area contributed by atoms with Gasteiger partial charge in [-0.2, -0.15) is 0 Å². The molecule has 1 unspecified atom stereocenters. The van der Waals surface area contributed by atoms with Crippen molar-refractivity contribution in [1.29, 1.82) is 0 Å². The summed E-state index contributed by atoms with van der Waals surface area (Å²) in [5.41, 5.74) is 1.55. The monoisotopic (exact) mass is 316 g/mol. The topological polar surface area (TPSA) is 65.3 Å². The number of amidine groups is 1. The third-order valence-electron chi connectivity index (χ3n) is 3.81. The minimum absolute atomic E-state index is 0.278. The number of fused-ring (bicyclic) bond motifs is 1. The van der Waals surface area contributed by atoms with Crippen LogP contribution in [0.3, 0.4) is 0 Å². The average Bonchev–Trinajstić information content (AvgIpc) is 3.02. The minimum Gasteiger partial charge on any atom is -0.284 e. The average molecular weight is 316 g/mol. The van der Waals surface area contributed by atoms with Crippen LogP contribution < -0.4 is 0 Å². The van der Waals surface area contributed by atoms with Crippen molar-refractivity contribution >= 4 is 34.8 Å². The Balaban J connectivity index is 1.99. The van der Waals surface area contributed by atoms with Crippen molar-refractivity contribution < 1.29 is 9.59 Å². The van der Waals surface area contributed by atoms with E-state index in [0.717, 1.165) is 15.4 Å². The van der Waals surface area contributed by atoms with E-state index in [-0.39, 0.29) is 11.9 Å². The first-order valence-electron chi connectivity index (χ1n) is 6.87. The Labute approximate surface area is 132 Å². The van der Waals surface area contributed by atoms with Crippen molar-refractivity contribution in [3.63, 3.8) is 0 Å². The Bertz CT molecular complexity index is 718. The summed E-state index contributed by atoms with van der Waals surface area (Å²) in [5.74, 6) is -0.430. The lowest BCUT2D eigenvalue weighted by Gasteiger charge is -2.37. The predicted molar refractivity (Wildman–Crippen MR) is 86.1 cm³/mol. The number of urea groups is 1. The van der Waals surface area contributed by atoms with Crippen LogP contribution in [0.25, 0.3) is 0 Å². The van der Waals surface area contributed by atoms with Gasteiger partial charge >= 0.3 is 6.03 Å². The molecule has 3 rings (SSSR count). The molecule has 22 heavy (non-hydrogen) atoms. The summed E-state index contributed by atoms with van der Waals surface area (Å²) in [7, 11) is 3.12. The van der Waals surface area contributed by atoms with Gasteiger partial charge in [-0.3, -0.25) is 19.6 Å². The first-order valence-corrected chi connectivity index (χ1v) is 7.75. The number of nitrogens with zero attached hydrogens (tertiary/aromatic N) is 4. The number of hydrogen-bond donors (Lipinski definition) is 0. The van der Waals surface area contributed by atoms with Crippen molar-refractivity contribution in [1.82, 2.24) is 9.80 Å². The molecule has 0 bridgehead atoms. The van der Waals surface area contributed by atoms with Gasteiger partial charge in [-0.1, -0.05) is 6.07 Å². The maximum Gasteiger partial charge on any atom is 0.331 e. The Morgan fingerprint density at radius 3 is 2.77 bits per heavy atom. The van der Waals surface area contributed by atoms with Crippen LogP contribution in [0.5, 0.6) is 0 Å². The second kappa shape index (κ2) is 5.49. The van der Waals surface area contributed by atoms with Crippen molar-refractivity contribution in [2.75, 3.05) is 14.1 Å². The molecule has 1 aromatic heterocycles. The fourth-order valence-corrected chi connectivity index (χ4v) is 3.18. The number of allylic oxidation sites excluding steroid dienone is 1. The van der Waals surface area contributed by atoms with Crippen molar-refractivity contribution in [2.24, 2.45) is 15.9 Å². The number of amides is 3. The summed E-state index contributed by atoms with van der Waals surface area (Å²) >= 11 is 1.63. The zero-order valence-corrected chi connectivity index (χ0v) is 13.4. The van der Waals surface area contributed by atoms with Crippen molar-refractivity contribution in [3.8, 4) is 0 Å². The highest BCUT2D eigenvalue weighted by Gasteiger charge is 2.44. The molecule has 3 heterocycles. The van der Waals surface area contributed by atoms with Gasteiger partial charge in [-0.05, 0) is 23.9 Å². The first-order chi connectivity index (χ1) is 10.5. The van der Waals surface area contributed by atoms with Gasteiger partial charge in [-0.25, -0.2) is 9.79 Å². The predicted octanol–water partition coefficient (Wildman–Crippen LogP) is 2.15. The second-order valence-electron chi connectivity index (χ2n) is 5.25. The van der Waals surface area contributed by atoms with Gasteiger partial charge in [0.25, 0.3) is 0 Å². The number of thiophene rings is 1. The highest BCUT2D eigenvalue weighted by Crippen LogP contribution is 2.25. The number of carbonyl (C=O) groups is 2. The molecular weight excluding hydrogens is 300 g/mol. The van der Waals surface area contributed by atoms with Crippen molar-refractivity contribution in [3.05, 3.63) is 34.2 Å². The molecule has 0 aromatic carbocycles. The third-order valence-corrected chi connectivity index (χ3v) is 4.67. The van der Waals surface area contributed by atoms with Crippen LogP contribution in [-0.4, -0.2) is 47.4 Å². The van der Waals surface area contributed by atoms with E-state index in [9.17, 15) is 9.59 Å². The molecule has 114 valence electrons. The molecule has 1 atom stereocenters. The normalized spacial score (nSPS) is 23.6. The van der Waals surface area contributed by atoms with E-state index in [0.29, 0.717) is 18.1 Å². The van der Waals surface area contributed by atoms with Crippen molar-refractivity contribution in [2.45, 2.75) is 13.5 Å². The van der Waals surface area contributed by atoms with Crippen LogP contribution >= 0.6 is 11.3 Å². The molecule has 3 amide bonds. The largest absolute Gasteiger partial charge is 0.331 e. The molecule has 0 N–H and O–H groups in total. The van der Waals surface area contributed by atoms with E-state index in [1.54, 1.807) is 24.6 Å². The van der Waals surface area contributed by atoms with Crippen LogP contribution in [-0.2, 0) is 11.3 Å². The number of carbonyl (C=O) groups excluding carboxylic acids is 2. The summed E-state index contributed by atoms with van der Waals surface area (Å²) in [6.45, 7) is 2.41. The van der Waals surface area contributed by atoms with E-state index in [4.69, 9.17) is 0 Å². The molecule has 0 radical (unpaired) electrons. The van der Waals surface area contributed by atoms with Gasteiger partial charge in [-0.15, -0.1) is 11.3 Å². The fraction of sp³-hybridized carbons (Fsp3) is 0.333. The molecule has 0 saturated carbocycles. The van der Waals surface area contributed by atoms with E-state index >= 15 is 0 Å². The SMILES string of the molecule is CC1=CN=C2C(C(=O)N(C)C(=O)N2C)C1=NCc1cccs1. The molecule has 7 heteroatoms. The molecule has 1 aromatic rings. The molecule has 2 aliphatic rings. The highest BCUT2D eigenvalue weighted by atomic mass is 32.1. The summed E-state index contributed by atoms with van der Waals surface area (Å²) in [6, 6.07) is 3.61. The summed E-state index contributed by atoms with van der Waals surface area (Å²) in [5, 5.41) is 2.00.